The molecule has 21 heavy (non-hydrogen) atoms. The van der Waals surface area contributed by atoms with Crippen molar-refractivity contribution in [2.75, 3.05) is 0 Å². The number of ether oxygens (including phenoxy) is 1. The van der Waals surface area contributed by atoms with Crippen LogP contribution in [0.3, 0.4) is 0 Å². The minimum atomic E-state index is 0.210. The van der Waals surface area contributed by atoms with Gasteiger partial charge in [-0.05, 0) is 65.0 Å². The van der Waals surface area contributed by atoms with Crippen LogP contribution in [-0.4, -0.2) is 11.0 Å². The fraction of sp³-hybridized carbons (Fsp3) is 0.353. The molecule has 2 N–H and O–H groups in total. The second-order valence-electron chi connectivity index (χ2n) is 5.30. The van der Waals surface area contributed by atoms with E-state index in [1.54, 1.807) is 0 Å². The molecule has 1 atom stereocenters. The van der Waals surface area contributed by atoms with Crippen LogP contribution in [0.25, 0.3) is 0 Å². The topological polar surface area (TPSA) is 48.1 Å². The summed E-state index contributed by atoms with van der Waals surface area (Å²) in [7, 11) is 0. The maximum atomic E-state index is 5.99. The summed E-state index contributed by atoms with van der Waals surface area (Å²) in [6, 6.07) is 8.44. The van der Waals surface area contributed by atoms with E-state index in [4.69, 9.17) is 10.5 Å². The molecule has 1 aromatic carbocycles. The van der Waals surface area contributed by atoms with Gasteiger partial charge in [-0.3, -0.25) is 4.98 Å². The summed E-state index contributed by atoms with van der Waals surface area (Å²) >= 11 is 3.57. The number of nitrogens with two attached hydrogens (primary N) is 1. The molecule has 0 radical (unpaired) electrons. The Kier molecular flexibility index (Phi) is 5.76. The van der Waals surface area contributed by atoms with Crippen molar-refractivity contribution in [2.45, 2.75) is 39.3 Å². The van der Waals surface area contributed by atoms with E-state index >= 15 is 0 Å². The fourth-order valence-corrected chi connectivity index (χ4v) is 2.63. The zero-order valence-corrected chi connectivity index (χ0v) is 14.1. The number of benzene rings is 1. The van der Waals surface area contributed by atoms with Crippen LogP contribution in [0.5, 0.6) is 5.75 Å². The second-order valence-corrected chi connectivity index (χ2v) is 6.15. The van der Waals surface area contributed by atoms with Gasteiger partial charge in [0.15, 0.2) is 0 Å². The first kappa shape index (κ1) is 16.0. The summed E-state index contributed by atoms with van der Waals surface area (Å²) in [5, 5.41) is 0. The van der Waals surface area contributed by atoms with Crippen molar-refractivity contribution in [2.24, 2.45) is 5.73 Å². The van der Waals surface area contributed by atoms with Crippen LogP contribution in [0, 0.1) is 6.92 Å². The number of halogens is 1. The van der Waals surface area contributed by atoms with Gasteiger partial charge in [0.1, 0.15) is 12.4 Å². The largest absolute Gasteiger partial charge is 0.488 e. The van der Waals surface area contributed by atoms with Crippen molar-refractivity contribution in [3.05, 3.63) is 57.8 Å². The standard InChI is InChI=1S/C17H21BrN2O/c1-3-15(19)7-13-4-5-17(16(18)8-13)21-11-14-6-12(2)9-20-10-14/h4-6,8-10,15H,3,7,11,19H2,1-2H3. The molecule has 112 valence electrons. The number of nitrogens with zero attached hydrogens (tertiary/aromatic N) is 1. The van der Waals surface area contributed by atoms with Crippen LogP contribution < -0.4 is 10.5 Å². The second kappa shape index (κ2) is 7.57. The van der Waals surface area contributed by atoms with Gasteiger partial charge in [0.25, 0.3) is 0 Å². The Balaban J connectivity index is 2.01. The highest BCUT2D eigenvalue weighted by Crippen LogP contribution is 2.27. The van der Waals surface area contributed by atoms with Gasteiger partial charge in [0, 0.05) is 24.0 Å². The number of aryl methyl sites for hydroxylation is 1. The Hall–Kier alpha value is -1.39. The molecule has 0 aliphatic rings. The molecule has 3 nitrogen and oxygen atoms in total. The maximum Gasteiger partial charge on any atom is 0.134 e. The molecule has 1 heterocycles. The van der Waals surface area contributed by atoms with Gasteiger partial charge in [-0.25, -0.2) is 0 Å². The highest BCUT2D eigenvalue weighted by atomic mass is 79.9. The van der Waals surface area contributed by atoms with Crippen molar-refractivity contribution >= 4 is 15.9 Å². The first-order valence-corrected chi connectivity index (χ1v) is 7.95. The van der Waals surface area contributed by atoms with Gasteiger partial charge in [0.05, 0.1) is 4.47 Å². The first-order chi connectivity index (χ1) is 10.1. The Labute approximate surface area is 134 Å². The third-order valence-corrected chi connectivity index (χ3v) is 3.96. The molecule has 4 heteroatoms. The molecule has 1 aromatic heterocycles. The molecular formula is C17H21BrN2O. The van der Waals surface area contributed by atoms with E-state index in [1.165, 1.54) is 5.56 Å². The van der Waals surface area contributed by atoms with Gasteiger partial charge in [-0.2, -0.15) is 0 Å². The predicted octanol–water partition coefficient (Wildman–Crippen LogP) is 4.01. The lowest BCUT2D eigenvalue weighted by Gasteiger charge is -2.12. The SMILES string of the molecule is CCC(N)Cc1ccc(OCc2cncc(C)c2)c(Br)c1. The number of pyridine rings is 1. The lowest BCUT2D eigenvalue weighted by Crippen LogP contribution is -2.21. The normalized spacial score (nSPS) is 12.2. The fourth-order valence-electron chi connectivity index (χ4n) is 2.09. The molecule has 0 aliphatic carbocycles. The molecule has 0 bridgehead atoms. The number of hydrogen-bond donors (Lipinski definition) is 1. The van der Waals surface area contributed by atoms with Gasteiger partial charge >= 0.3 is 0 Å². The Morgan fingerprint density at radius 3 is 2.71 bits per heavy atom. The van der Waals surface area contributed by atoms with Gasteiger partial charge in [0.2, 0.25) is 0 Å². The highest BCUT2D eigenvalue weighted by Gasteiger charge is 2.06. The predicted molar refractivity (Wildman–Crippen MR) is 89.4 cm³/mol. The molecule has 1 unspecified atom stereocenters. The molecule has 0 amide bonds. The zero-order chi connectivity index (χ0) is 15.2. The molecule has 0 saturated carbocycles. The quantitative estimate of drug-likeness (QED) is 0.857. The van der Waals surface area contributed by atoms with Crippen molar-refractivity contribution in [3.8, 4) is 5.75 Å². The van der Waals surface area contributed by atoms with Crippen LogP contribution in [0.2, 0.25) is 0 Å². The molecule has 2 aromatic rings. The van der Waals surface area contributed by atoms with Crippen LogP contribution >= 0.6 is 15.9 Å². The Bertz CT molecular complexity index is 601. The Morgan fingerprint density at radius 1 is 1.24 bits per heavy atom. The molecule has 0 aliphatic heterocycles. The molecular weight excluding hydrogens is 328 g/mol. The van der Waals surface area contributed by atoms with Crippen molar-refractivity contribution in [1.82, 2.24) is 4.98 Å². The number of aromatic nitrogens is 1. The summed E-state index contributed by atoms with van der Waals surface area (Å²) < 4.78 is 6.81. The van der Waals surface area contributed by atoms with Crippen LogP contribution in [0.4, 0.5) is 0 Å². The molecule has 0 spiro atoms. The smallest absolute Gasteiger partial charge is 0.134 e. The summed E-state index contributed by atoms with van der Waals surface area (Å²) in [6.45, 7) is 4.65. The van der Waals surface area contributed by atoms with E-state index in [2.05, 4.69) is 46.0 Å². The van der Waals surface area contributed by atoms with Gasteiger partial charge in [-0.1, -0.05) is 13.0 Å². The van der Waals surface area contributed by atoms with E-state index in [-0.39, 0.29) is 6.04 Å². The van der Waals surface area contributed by atoms with Gasteiger partial charge in [-0.15, -0.1) is 0 Å². The summed E-state index contributed by atoms with van der Waals surface area (Å²) in [5.74, 6) is 0.838. The average Bonchev–Trinajstić information content (AvgIpc) is 2.46. The summed E-state index contributed by atoms with van der Waals surface area (Å²) in [6.07, 6.45) is 5.54. The van der Waals surface area contributed by atoms with Crippen LogP contribution in [0.15, 0.2) is 41.1 Å². The highest BCUT2D eigenvalue weighted by molar-refractivity contribution is 9.10. The van der Waals surface area contributed by atoms with Crippen LogP contribution in [-0.2, 0) is 13.0 Å². The lowest BCUT2D eigenvalue weighted by atomic mass is 10.0. The van der Waals surface area contributed by atoms with E-state index in [0.29, 0.717) is 6.61 Å². The Morgan fingerprint density at radius 2 is 2.05 bits per heavy atom. The lowest BCUT2D eigenvalue weighted by molar-refractivity contribution is 0.303. The number of rotatable bonds is 6. The van der Waals surface area contributed by atoms with Crippen LogP contribution in [0.1, 0.15) is 30.0 Å². The minimum absolute atomic E-state index is 0.210. The molecule has 0 fully saturated rings. The zero-order valence-electron chi connectivity index (χ0n) is 12.5. The monoisotopic (exact) mass is 348 g/mol. The van der Waals surface area contributed by atoms with E-state index in [0.717, 1.165) is 34.2 Å². The van der Waals surface area contributed by atoms with E-state index in [9.17, 15) is 0 Å². The first-order valence-electron chi connectivity index (χ1n) is 7.15. The average molecular weight is 349 g/mol. The minimum Gasteiger partial charge on any atom is -0.488 e. The van der Waals surface area contributed by atoms with Crippen molar-refractivity contribution < 1.29 is 4.74 Å². The molecule has 0 saturated heterocycles. The summed E-state index contributed by atoms with van der Waals surface area (Å²) in [5.41, 5.74) is 9.42. The summed E-state index contributed by atoms with van der Waals surface area (Å²) in [4.78, 5) is 4.17. The molecule has 2 rings (SSSR count). The third-order valence-electron chi connectivity index (χ3n) is 3.34. The van der Waals surface area contributed by atoms with E-state index < -0.39 is 0 Å². The van der Waals surface area contributed by atoms with Gasteiger partial charge < -0.3 is 10.5 Å². The van der Waals surface area contributed by atoms with Crippen molar-refractivity contribution in [1.29, 1.82) is 0 Å². The van der Waals surface area contributed by atoms with E-state index in [1.807, 2.05) is 25.4 Å². The maximum absolute atomic E-state index is 5.99. The third kappa shape index (κ3) is 4.83. The van der Waals surface area contributed by atoms with Crippen molar-refractivity contribution in [3.63, 3.8) is 0 Å². The number of hydrogen-bond acceptors (Lipinski definition) is 3.